The predicted octanol–water partition coefficient (Wildman–Crippen LogP) is 2.52. The second-order valence-corrected chi connectivity index (χ2v) is 12.0. The van der Waals surface area contributed by atoms with Crippen LogP contribution in [0.1, 0.15) is 42.9 Å². The van der Waals surface area contributed by atoms with E-state index in [9.17, 15) is 23.9 Å². The largest absolute Gasteiger partial charge is 0.481 e. The van der Waals surface area contributed by atoms with Crippen LogP contribution in [0.4, 0.5) is 4.39 Å². The van der Waals surface area contributed by atoms with Crippen molar-refractivity contribution < 1.29 is 33.4 Å². The highest BCUT2D eigenvalue weighted by Gasteiger charge is 2.49. The summed E-state index contributed by atoms with van der Waals surface area (Å²) in [5.74, 6) is -1.81. The summed E-state index contributed by atoms with van der Waals surface area (Å²) in [6.07, 6.45) is 1.19. The monoisotopic (exact) mass is 599 g/mol. The summed E-state index contributed by atoms with van der Waals surface area (Å²) in [6, 6.07) is 3.13. The van der Waals surface area contributed by atoms with Crippen molar-refractivity contribution in [3.05, 3.63) is 63.0 Å². The highest BCUT2D eigenvalue weighted by molar-refractivity contribution is 7.11. The Hall–Kier alpha value is -3.68. The molecule has 0 radical (unpaired) electrons. The minimum absolute atomic E-state index is 0.0438. The molecule has 0 bridgehead atoms. The van der Waals surface area contributed by atoms with Gasteiger partial charge in [0, 0.05) is 43.5 Å². The van der Waals surface area contributed by atoms with E-state index in [1.165, 1.54) is 22.3 Å². The number of amidine groups is 1. The Bertz CT molecular complexity index is 1440. The number of hydrogen-bond acceptors (Lipinski definition) is 10. The van der Waals surface area contributed by atoms with Gasteiger partial charge < -0.3 is 24.8 Å². The summed E-state index contributed by atoms with van der Waals surface area (Å²) in [5.41, 5.74) is 0.448. The van der Waals surface area contributed by atoms with E-state index in [1.54, 1.807) is 46.0 Å². The number of nitrogens with zero attached hydrogens (tertiary/aromatic N) is 4. The number of benzene rings is 1. The van der Waals surface area contributed by atoms with Gasteiger partial charge in [0.05, 0.1) is 30.3 Å². The first-order valence-electron chi connectivity index (χ1n) is 13.8. The second kappa shape index (κ2) is 11.9. The lowest BCUT2D eigenvalue weighted by molar-refractivity contribution is -0.149. The van der Waals surface area contributed by atoms with E-state index < -0.39 is 41.4 Å². The normalized spacial score (nSPS) is 23.0. The third kappa shape index (κ3) is 5.68. The van der Waals surface area contributed by atoms with Crippen molar-refractivity contribution in [1.82, 2.24) is 20.1 Å². The van der Waals surface area contributed by atoms with Crippen LogP contribution >= 0.6 is 11.3 Å². The predicted molar refractivity (Wildman–Crippen MR) is 152 cm³/mol. The van der Waals surface area contributed by atoms with Crippen molar-refractivity contribution in [1.29, 1.82) is 0 Å². The van der Waals surface area contributed by atoms with Crippen LogP contribution in [0.3, 0.4) is 0 Å². The number of amides is 1. The van der Waals surface area contributed by atoms with Gasteiger partial charge in [0.25, 0.3) is 0 Å². The molecule has 3 aliphatic rings. The number of aromatic nitrogens is 1. The zero-order chi connectivity index (χ0) is 30.2. The number of esters is 1. The maximum Gasteiger partial charge on any atom is 0.338 e. The summed E-state index contributed by atoms with van der Waals surface area (Å²) in [6.45, 7) is 7.86. The topological polar surface area (TPSA) is 134 Å². The van der Waals surface area contributed by atoms with E-state index in [-0.39, 0.29) is 37.7 Å². The van der Waals surface area contributed by atoms with Gasteiger partial charge in [-0.15, -0.1) is 11.3 Å². The molecule has 2 aromatic rings. The number of likely N-dealkylation sites (tertiary alicyclic amines) is 1. The molecule has 1 aromatic carbocycles. The van der Waals surface area contributed by atoms with Crippen LogP contribution in [0, 0.1) is 18.2 Å². The first-order chi connectivity index (χ1) is 20.0. The lowest BCUT2D eigenvalue weighted by Crippen LogP contribution is -2.54. The maximum absolute atomic E-state index is 14.7. The SMILES string of the molecule is CCOC(=O)C1=C(CN2CCO[C@H]3CN(CC(C)(C)C(=O)O)C(=O)[C@H]32)NC(c2nccs2)=NC1c1cccc(F)c1C. The molecule has 0 saturated carbocycles. The minimum Gasteiger partial charge on any atom is -0.481 e. The van der Waals surface area contributed by atoms with Gasteiger partial charge in [-0.25, -0.2) is 14.2 Å². The van der Waals surface area contributed by atoms with Crippen LogP contribution < -0.4 is 5.32 Å². The van der Waals surface area contributed by atoms with E-state index in [1.807, 2.05) is 10.3 Å². The summed E-state index contributed by atoms with van der Waals surface area (Å²) >= 11 is 1.37. The van der Waals surface area contributed by atoms with Crippen molar-refractivity contribution in [2.24, 2.45) is 10.4 Å². The third-order valence-corrected chi connectivity index (χ3v) is 8.59. The van der Waals surface area contributed by atoms with Crippen LogP contribution in [-0.4, -0.2) is 95.1 Å². The number of nitrogens with one attached hydrogen (secondary N) is 1. The molecule has 1 unspecified atom stereocenters. The highest BCUT2D eigenvalue weighted by Crippen LogP contribution is 2.36. The van der Waals surface area contributed by atoms with Gasteiger partial charge in [0.2, 0.25) is 5.91 Å². The molecule has 1 amide bonds. The lowest BCUT2D eigenvalue weighted by atomic mass is 9.92. The third-order valence-electron chi connectivity index (χ3n) is 7.81. The van der Waals surface area contributed by atoms with Gasteiger partial charge in [0.1, 0.15) is 17.9 Å². The number of carbonyl (C=O) groups excluding carboxylic acids is 2. The molecule has 4 heterocycles. The summed E-state index contributed by atoms with van der Waals surface area (Å²) < 4.78 is 26.2. The molecule has 5 rings (SSSR count). The number of morpholine rings is 1. The molecule has 13 heteroatoms. The number of aliphatic carboxylic acids is 1. The van der Waals surface area contributed by atoms with Crippen LogP contribution in [-0.2, 0) is 23.9 Å². The average Bonchev–Trinajstić information content (AvgIpc) is 3.59. The van der Waals surface area contributed by atoms with Crippen LogP contribution in [0.2, 0.25) is 0 Å². The van der Waals surface area contributed by atoms with Crippen molar-refractivity contribution in [2.75, 3.05) is 39.4 Å². The highest BCUT2D eigenvalue weighted by atomic mass is 32.1. The second-order valence-electron chi connectivity index (χ2n) is 11.1. The van der Waals surface area contributed by atoms with Gasteiger partial charge in [-0.3, -0.25) is 19.5 Å². The molecule has 3 aliphatic heterocycles. The number of thiazole rings is 1. The number of fused-ring (bicyclic) bond motifs is 1. The zero-order valence-electron chi connectivity index (χ0n) is 23.9. The minimum atomic E-state index is -1.13. The summed E-state index contributed by atoms with van der Waals surface area (Å²) in [4.78, 5) is 51.6. The van der Waals surface area contributed by atoms with E-state index in [0.29, 0.717) is 40.8 Å². The Kier molecular flexibility index (Phi) is 8.44. The van der Waals surface area contributed by atoms with E-state index in [4.69, 9.17) is 14.5 Å². The van der Waals surface area contributed by atoms with Crippen molar-refractivity contribution in [3.8, 4) is 0 Å². The Morgan fingerprint density at radius 2 is 2.12 bits per heavy atom. The molecular weight excluding hydrogens is 565 g/mol. The van der Waals surface area contributed by atoms with Gasteiger partial charge in [-0.1, -0.05) is 12.1 Å². The number of rotatable bonds is 9. The fourth-order valence-electron chi connectivity index (χ4n) is 5.58. The molecule has 11 nitrogen and oxygen atoms in total. The number of hydrogen-bond donors (Lipinski definition) is 2. The fraction of sp³-hybridized carbons (Fsp3) is 0.483. The summed E-state index contributed by atoms with van der Waals surface area (Å²) in [5, 5.41) is 15.3. The van der Waals surface area contributed by atoms with Crippen molar-refractivity contribution in [3.63, 3.8) is 0 Å². The number of carboxylic acids is 1. The lowest BCUT2D eigenvalue weighted by Gasteiger charge is -2.37. The van der Waals surface area contributed by atoms with Gasteiger partial charge in [0.15, 0.2) is 10.8 Å². The number of carbonyl (C=O) groups is 3. The van der Waals surface area contributed by atoms with Crippen LogP contribution in [0.15, 0.2) is 46.0 Å². The molecule has 2 saturated heterocycles. The molecule has 42 heavy (non-hydrogen) atoms. The smallest absolute Gasteiger partial charge is 0.338 e. The van der Waals surface area contributed by atoms with Gasteiger partial charge in [-0.2, -0.15) is 0 Å². The number of halogens is 1. The molecule has 2 fully saturated rings. The number of aliphatic imine (C=N–C) groups is 1. The average molecular weight is 600 g/mol. The Morgan fingerprint density at radius 3 is 2.81 bits per heavy atom. The van der Waals surface area contributed by atoms with Gasteiger partial charge >= 0.3 is 11.9 Å². The first-order valence-corrected chi connectivity index (χ1v) is 14.7. The van der Waals surface area contributed by atoms with Crippen LogP contribution in [0.25, 0.3) is 0 Å². The molecule has 224 valence electrons. The zero-order valence-corrected chi connectivity index (χ0v) is 24.7. The molecule has 2 N–H and O–H groups in total. The molecule has 0 spiro atoms. The quantitative estimate of drug-likeness (QED) is 0.417. The molecule has 0 aliphatic carbocycles. The number of ether oxygens (including phenoxy) is 2. The summed E-state index contributed by atoms with van der Waals surface area (Å²) in [7, 11) is 0. The number of carboxylic acid groups (broad SMARTS) is 1. The Balaban J connectivity index is 1.54. The van der Waals surface area contributed by atoms with Gasteiger partial charge in [-0.05, 0) is 44.9 Å². The maximum atomic E-state index is 14.7. The fourth-order valence-corrected chi connectivity index (χ4v) is 6.17. The van der Waals surface area contributed by atoms with E-state index in [0.717, 1.165) is 0 Å². The van der Waals surface area contributed by atoms with Crippen molar-refractivity contribution >= 4 is 35.0 Å². The molecule has 1 aromatic heterocycles. The first kappa shape index (κ1) is 29.8. The van der Waals surface area contributed by atoms with E-state index in [2.05, 4.69) is 10.3 Å². The molecule has 3 atom stereocenters. The Labute approximate surface area is 247 Å². The standard InChI is InChI=1S/C29H34FN5O6S/c1-5-40-27(37)21-19(13-34-10-11-41-20-14-35(26(36)23(20)34)15-29(3,4)28(38)39)32-24(25-31-9-12-42-25)33-22(21)17-7-6-8-18(30)16(17)2/h6-9,12,20,22-23H,5,10-11,13-15H2,1-4H3,(H,32,33)(H,38,39)/t20-,22?,23-/m0/s1. The Morgan fingerprint density at radius 1 is 1.33 bits per heavy atom. The van der Waals surface area contributed by atoms with Crippen molar-refractivity contribution in [2.45, 2.75) is 45.9 Å². The molecular formula is C29H34FN5O6S. The van der Waals surface area contributed by atoms with Crippen LogP contribution in [0.5, 0.6) is 0 Å². The van der Waals surface area contributed by atoms with E-state index >= 15 is 0 Å².